The number of likely N-dealkylation sites (tertiary alicyclic amines) is 1. The number of pyridine rings is 1. The second-order valence-electron chi connectivity index (χ2n) is 9.49. The maximum atomic E-state index is 13.6. The number of benzene rings is 1. The number of carbonyl (C=O) groups is 1. The van der Waals surface area contributed by atoms with Crippen molar-refractivity contribution in [3.63, 3.8) is 0 Å². The number of hydrogen-bond donors (Lipinski definition) is 1. The molecule has 5 heteroatoms. The summed E-state index contributed by atoms with van der Waals surface area (Å²) < 4.78 is 5.34. The Balaban J connectivity index is 1.39. The highest BCUT2D eigenvalue weighted by molar-refractivity contribution is 5.94. The first-order valence-electron chi connectivity index (χ1n) is 11.2. The summed E-state index contributed by atoms with van der Waals surface area (Å²) in [5.41, 5.74) is 3.11. The predicted molar refractivity (Wildman–Crippen MR) is 117 cm³/mol. The standard InChI is InChI=1S/C25H31N3O2/c1-25-13-20-16-28(23(25)9-4-3-8-22(25)27-20)24(29)19-11-18(14-26-15-19)10-17-6-5-7-21(12-17)30-2/h5-7,11-12,14-15,20,22-23,27H,3-4,8-10,13,16H2,1-2H3/t20-,22-,23+,25-/m0/s1. The zero-order chi connectivity index (χ0) is 20.7. The Bertz CT molecular complexity index is 945. The Hall–Kier alpha value is -2.40. The number of aromatic nitrogens is 1. The molecule has 0 unspecified atom stereocenters. The van der Waals surface area contributed by atoms with Gasteiger partial charge in [0.15, 0.2) is 0 Å². The average molecular weight is 406 g/mol. The molecule has 5 nitrogen and oxygen atoms in total. The lowest BCUT2D eigenvalue weighted by Gasteiger charge is -2.46. The second kappa shape index (κ2) is 7.69. The molecule has 5 rings (SSSR count). The molecule has 2 bridgehead atoms. The van der Waals surface area contributed by atoms with Crippen LogP contribution in [0, 0.1) is 5.41 Å². The Morgan fingerprint density at radius 2 is 2.10 bits per heavy atom. The molecule has 1 N–H and O–H groups in total. The van der Waals surface area contributed by atoms with Gasteiger partial charge in [-0.1, -0.05) is 31.9 Å². The van der Waals surface area contributed by atoms with E-state index in [1.54, 1.807) is 13.3 Å². The number of piperidine rings is 1. The van der Waals surface area contributed by atoms with Crippen LogP contribution < -0.4 is 10.1 Å². The number of carbonyl (C=O) groups excluding carboxylic acids is 1. The number of hydrogen-bond acceptors (Lipinski definition) is 4. The van der Waals surface area contributed by atoms with Crippen LogP contribution in [0.25, 0.3) is 0 Å². The van der Waals surface area contributed by atoms with Gasteiger partial charge in [-0.05, 0) is 55.0 Å². The van der Waals surface area contributed by atoms with Crippen molar-refractivity contribution in [2.75, 3.05) is 13.7 Å². The lowest BCUT2D eigenvalue weighted by molar-refractivity contribution is 0.0283. The molecule has 3 aliphatic rings. The molecule has 1 aromatic carbocycles. The van der Waals surface area contributed by atoms with E-state index in [1.807, 2.05) is 30.5 Å². The van der Waals surface area contributed by atoms with Gasteiger partial charge in [0, 0.05) is 42.5 Å². The molecule has 4 atom stereocenters. The minimum atomic E-state index is 0.139. The fourth-order valence-electron chi connectivity index (χ4n) is 6.11. The number of nitrogens with zero attached hydrogens (tertiary/aromatic N) is 2. The van der Waals surface area contributed by atoms with Gasteiger partial charge in [0.2, 0.25) is 0 Å². The normalized spacial score (nSPS) is 30.1. The maximum Gasteiger partial charge on any atom is 0.255 e. The van der Waals surface area contributed by atoms with Gasteiger partial charge in [-0.2, -0.15) is 0 Å². The summed E-state index contributed by atoms with van der Waals surface area (Å²) in [5, 5.41) is 3.83. The van der Waals surface area contributed by atoms with E-state index in [4.69, 9.17) is 4.74 Å². The highest BCUT2D eigenvalue weighted by Gasteiger charge is 2.55. The van der Waals surface area contributed by atoms with Crippen LogP contribution in [0.1, 0.15) is 60.5 Å². The maximum absolute atomic E-state index is 13.6. The van der Waals surface area contributed by atoms with E-state index >= 15 is 0 Å². The number of fused-ring (bicyclic) bond motifs is 1. The predicted octanol–water partition coefficient (Wildman–Crippen LogP) is 3.82. The zero-order valence-corrected chi connectivity index (χ0v) is 17.9. The van der Waals surface area contributed by atoms with Crippen molar-refractivity contribution in [3.8, 4) is 5.75 Å². The highest BCUT2D eigenvalue weighted by Crippen LogP contribution is 2.49. The van der Waals surface area contributed by atoms with Crippen molar-refractivity contribution in [3.05, 3.63) is 59.4 Å². The van der Waals surface area contributed by atoms with E-state index in [0.29, 0.717) is 23.7 Å². The van der Waals surface area contributed by atoms with Crippen LogP contribution in [0.2, 0.25) is 0 Å². The smallest absolute Gasteiger partial charge is 0.255 e. The van der Waals surface area contributed by atoms with E-state index in [2.05, 4.69) is 28.2 Å². The summed E-state index contributed by atoms with van der Waals surface area (Å²) in [6.07, 6.45) is 10.3. The van der Waals surface area contributed by atoms with Gasteiger partial charge in [0.25, 0.3) is 5.91 Å². The Labute approximate surface area is 178 Å². The number of methoxy groups -OCH3 is 1. The average Bonchev–Trinajstić information content (AvgIpc) is 2.92. The van der Waals surface area contributed by atoms with Gasteiger partial charge in [-0.25, -0.2) is 0 Å². The number of amides is 1. The first-order chi connectivity index (χ1) is 14.6. The molecule has 3 heterocycles. The van der Waals surface area contributed by atoms with Crippen LogP contribution in [0.5, 0.6) is 5.75 Å². The van der Waals surface area contributed by atoms with Gasteiger partial charge in [-0.15, -0.1) is 0 Å². The van der Waals surface area contributed by atoms with Gasteiger partial charge in [0.05, 0.1) is 12.7 Å². The summed E-state index contributed by atoms with van der Waals surface area (Å²) in [6, 6.07) is 11.4. The monoisotopic (exact) mass is 405 g/mol. The third-order valence-electron chi connectivity index (χ3n) is 7.54. The molecule has 1 aliphatic carbocycles. The van der Waals surface area contributed by atoms with Crippen molar-refractivity contribution in [1.29, 1.82) is 0 Å². The van der Waals surface area contributed by atoms with Crippen molar-refractivity contribution < 1.29 is 9.53 Å². The van der Waals surface area contributed by atoms with Crippen molar-refractivity contribution in [2.24, 2.45) is 5.41 Å². The summed E-state index contributed by atoms with van der Waals surface area (Å²) in [4.78, 5) is 20.2. The topological polar surface area (TPSA) is 54.5 Å². The van der Waals surface area contributed by atoms with E-state index in [0.717, 1.165) is 36.3 Å². The first kappa shape index (κ1) is 19.6. The number of nitrogens with one attached hydrogen (secondary N) is 1. The van der Waals surface area contributed by atoms with Crippen LogP contribution in [-0.2, 0) is 6.42 Å². The van der Waals surface area contributed by atoms with Gasteiger partial charge in [0.1, 0.15) is 5.75 Å². The first-order valence-corrected chi connectivity index (χ1v) is 11.2. The van der Waals surface area contributed by atoms with E-state index < -0.39 is 0 Å². The highest BCUT2D eigenvalue weighted by atomic mass is 16.5. The minimum Gasteiger partial charge on any atom is -0.497 e. The SMILES string of the molecule is COc1cccc(Cc2cncc(C(=O)N3C[C@@H]4C[C@@]5(C)[C@H](CCCC[C@@H]35)N4)c2)c1. The van der Waals surface area contributed by atoms with Crippen molar-refractivity contribution in [1.82, 2.24) is 15.2 Å². The van der Waals surface area contributed by atoms with Crippen LogP contribution in [0.3, 0.4) is 0 Å². The summed E-state index contributed by atoms with van der Waals surface area (Å²) in [7, 11) is 1.68. The number of ether oxygens (including phenoxy) is 1. The largest absolute Gasteiger partial charge is 0.497 e. The number of rotatable bonds is 4. The summed E-state index contributed by atoms with van der Waals surface area (Å²) in [5.74, 6) is 0.986. The molecule has 2 aliphatic heterocycles. The summed E-state index contributed by atoms with van der Waals surface area (Å²) in [6.45, 7) is 3.22. The van der Waals surface area contributed by atoms with Gasteiger partial charge >= 0.3 is 0 Å². The molecule has 0 spiro atoms. The fraction of sp³-hybridized carbons (Fsp3) is 0.520. The molecule has 2 aromatic rings. The molecule has 158 valence electrons. The second-order valence-corrected chi connectivity index (χ2v) is 9.49. The third kappa shape index (κ3) is 3.39. The van der Waals surface area contributed by atoms with E-state index in [1.165, 1.54) is 25.7 Å². The quantitative estimate of drug-likeness (QED) is 0.840. The van der Waals surface area contributed by atoms with Gasteiger partial charge < -0.3 is 15.0 Å². The molecule has 0 radical (unpaired) electrons. The lowest BCUT2D eigenvalue weighted by atomic mass is 9.71. The Morgan fingerprint density at radius 3 is 2.97 bits per heavy atom. The molecule has 3 fully saturated rings. The van der Waals surface area contributed by atoms with Crippen molar-refractivity contribution >= 4 is 5.91 Å². The van der Waals surface area contributed by atoms with E-state index in [9.17, 15) is 4.79 Å². The van der Waals surface area contributed by atoms with Crippen molar-refractivity contribution in [2.45, 2.75) is 63.6 Å². The van der Waals surface area contributed by atoms with Crippen LogP contribution in [-0.4, -0.2) is 47.6 Å². The Kier molecular flexibility index (Phi) is 5.02. The van der Waals surface area contributed by atoms with Crippen LogP contribution in [0.15, 0.2) is 42.7 Å². The zero-order valence-electron chi connectivity index (χ0n) is 17.9. The molecule has 1 amide bonds. The molecule has 1 aromatic heterocycles. The molecule has 30 heavy (non-hydrogen) atoms. The molecular formula is C25H31N3O2. The van der Waals surface area contributed by atoms with Crippen LogP contribution >= 0.6 is 0 Å². The van der Waals surface area contributed by atoms with E-state index in [-0.39, 0.29) is 11.3 Å². The van der Waals surface area contributed by atoms with Gasteiger partial charge in [-0.3, -0.25) is 9.78 Å². The lowest BCUT2D eigenvalue weighted by Crippen LogP contribution is -2.55. The third-order valence-corrected chi connectivity index (χ3v) is 7.54. The molecular weight excluding hydrogens is 374 g/mol. The fourth-order valence-corrected chi connectivity index (χ4v) is 6.11. The molecule has 1 saturated carbocycles. The Morgan fingerprint density at radius 1 is 1.23 bits per heavy atom. The molecule has 2 saturated heterocycles. The minimum absolute atomic E-state index is 0.139. The summed E-state index contributed by atoms with van der Waals surface area (Å²) >= 11 is 0. The van der Waals surface area contributed by atoms with Crippen LogP contribution in [0.4, 0.5) is 0 Å².